The van der Waals surface area contributed by atoms with Crippen LogP contribution < -0.4 is 0 Å². The van der Waals surface area contributed by atoms with Crippen LogP contribution in [0.25, 0.3) is 0 Å². The number of hydrogen-bond acceptors (Lipinski definition) is 3. The second kappa shape index (κ2) is 5.37. The van der Waals surface area contributed by atoms with Crippen LogP contribution in [-0.4, -0.2) is 10.1 Å². The van der Waals surface area contributed by atoms with Gasteiger partial charge in [0, 0.05) is 27.5 Å². The molecule has 2 aromatic rings. The minimum atomic E-state index is 0.300. The van der Waals surface area contributed by atoms with Crippen molar-refractivity contribution in [3.8, 4) is 5.75 Å². The Balaban J connectivity index is 1.99. The largest absolute Gasteiger partial charge is 0.508 e. The fraction of sp³-hybridized carbons (Fsp3) is 0.0833. The molecular formula is C12H10BrNOS. The van der Waals surface area contributed by atoms with Gasteiger partial charge in [-0.25, -0.2) is 0 Å². The van der Waals surface area contributed by atoms with E-state index in [1.807, 2.05) is 18.3 Å². The van der Waals surface area contributed by atoms with Gasteiger partial charge in [0.25, 0.3) is 0 Å². The summed E-state index contributed by atoms with van der Waals surface area (Å²) >= 11 is 5.11. The van der Waals surface area contributed by atoms with Crippen molar-refractivity contribution in [3.63, 3.8) is 0 Å². The Hall–Kier alpha value is -1.00. The maximum absolute atomic E-state index is 9.15. The second-order valence-corrected chi connectivity index (χ2v) is 5.26. The lowest BCUT2D eigenvalue weighted by Gasteiger charge is -2.02. The summed E-state index contributed by atoms with van der Waals surface area (Å²) in [6.07, 6.45) is 3.63. The van der Waals surface area contributed by atoms with Gasteiger partial charge in [-0.1, -0.05) is 0 Å². The summed E-state index contributed by atoms with van der Waals surface area (Å²) in [6, 6.07) is 9.26. The van der Waals surface area contributed by atoms with Crippen LogP contribution in [0, 0.1) is 0 Å². The van der Waals surface area contributed by atoms with Gasteiger partial charge in [0.05, 0.1) is 0 Å². The number of rotatable bonds is 3. The van der Waals surface area contributed by atoms with Gasteiger partial charge < -0.3 is 5.11 Å². The normalized spacial score (nSPS) is 10.3. The van der Waals surface area contributed by atoms with Gasteiger partial charge in [-0.2, -0.15) is 0 Å². The van der Waals surface area contributed by atoms with Crippen LogP contribution in [0.1, 0.15) is 5.56 Å². The second-order valence-electron chi connectivity index (χ2n) is 3.29. The first-order valence-corrected chi connectivity index (χ1v) is 6.53. The number of pyridine rings is 1. The number of aromatic nitrogens is 1. The molecule has 0 saturated heterocycles. The number of halogens is 1. The molecule has 16 heavy (non-hydrogen) atoms. The van der Waals surface area contributed by atoms with Crippen LogP contribution in [0.2, 0.25) is 0 Å². The van der Waals surface area contributed by atoms with Crippen molar-refractivity contribution >= 4 is 27.7 Å². The third kappa shape index (κ3) is 3.25. The minimum absolute atomic E-state index is 0.300. The Morgan fingerprint density at radius 1 is 1.19 bits per heavy atom. The molecule has 1 aromatic heterocycles. The molecule has 0 aliphatic heterocycles. The van der Waals surface area contributed by atoms with E-state index in [2.05, 4.69) is 27.0 Å². The Labute approximate surface area is 107 Å². The molecule has 0 saturated carbocycles. The van der Waals surface area contributed by atoms with Crippen molar-refractivity contribution in [3.05, 3.63) is 52.8 Å². The van der Waals surface area contributed by atoms with Crippen LogP contribution in [0.5, 0.6) is 5.75 Å². The van der Waals surface area contributed by atoms with Crippen LogP contribution in [0.3, 0.4) is 0 Å². The summed E-state index contributed by atoms with van der Waals surface area (Å²) in [5.41, 5.74) is 1.17. The van der Waals surface area contributed by atoms with Gasteiger partial charge >= 0.3 is 0 Å². The summed E-state index contributed by atoms with van der Waals surface area (Å²) in [4.78, 5) is 5.25. The van der Waals surface area contributed by atoms with Gasteiger partial charge in [0.2, 0.25) is 0 Å². The number of phenolic OH excluding ortho intramolecular Hbond substituents is 1. The third-order valence-electron chi connectivity index (χ3n) is 2.00. The van der Waals surface area contributed by atoms with Crippen molar-refractivity contribution in [1.29, 1.82) is 0 Å². The highest BCUT2D eigenvalue weighted by atomic mass is 79.9. The van der Waals surface area contributed by atoms with Crippen molar-refractivity contribution < 1.29 is 5.11 Å². The quantitative estimate of drug-likeness (QED) is 0.874. The fourth-order valence-electron chi connectivity index (χ4n) is 1.24. The summed E-state index contributed by atoms with van der Waals surface area (Å²) < 4.78 is 0.997. The van der Waals surface area contributed by atoms with E-state index >= 15 is 0 Å². The maximum atomic E-state index is 9.15. The first kappa shape index (κ1) is 11.5. The third-order valence-corrected chi connectivity index (χ3v) is 3.52. The fourth-order valence-corrected chi connectivity index (χ4v) is 2.48. The van der Waals surface area contributed by atoms with Gasteiger partial charge in [-0.05, 0) is 51.8 Å². The standard InChI is InChI=1S/C12H10BrNOS/c13-10-5-9(6-14-7-10)8-16-12-3-1-11(15)2-4-12/h1-7,15H,8H2. The average Bonchev–Trinajstić information content (AvgIpc) is 2.28. The molecule has 0 aliphatic rings. The molecule has 0 spiro atoms. The van der Waals surface area contributed by atoms with Crippen molar-refractivity contribution in [2.24, 2.45) is 0 Å². The molecule has 82 valence electrons. The van der Waals surface area contributed by atoms with Crippen LogP contribution in [-0.2, 0) is 5.75 Å². The zero-order valence-corrected chi connectivity index (χ0v) is 10.8. The predicted octanol–water partition coefficient (Wildman–Crippen LogP) is 3.84. The highest BCUT2D eigenvalue weighted by Crippen LogP contribution is 2.25. The Morgan fingerprint density at radius 2 is 1.94 bits per heavy atom. The SMILES string of the molecule is Oc1ccc(SCc2cncc(Br)c2)cc1. The number of thioether (sulfide) groups is 1. The van der Waals surface area contributed by atoms with Crippen molar-refractivity contribution in [1.82, 2.24) is 4.98 Å². The van der Waals surface area contributed by atoms with E-state index in [0.717, 1.165) is 15.1 Å². The molecule has 0 unspecified atom stereocenters. The lowest BCUT2D eigenvalue weighted by molar-refractivity contribution is 0.475. The van der Waals surface area contributed by atoms with Crippen molar-refractivity contribution in [2.75, 3.05) is 0 Å². The summed E-state index contributed by atoms with van der Waals surface area (Å²) in [5.74, 6) is 1.17. The Morgan fingerprint density at radius 3 is 2.62 bits per heavy atom. The van der Waals surface area contributed by atoms with Gasteiger partial charge in [-0.15, -0.1) is 11.8 Å². The topological polar surface area (TPSA) is 33.1 Å². The highest BCUT2D eigenvalue weighted by molar-refractivity contribution is 9.10. The van der Waals surface area contributed by atoms with Crippen LogP contribution in [0.15, 0.2) is 52.1 Å². The molecule has 0 aliphatic carbocycles. The molecular weight excluding hydrogens is 286 g/mol. The van der Waals surface area contributed by atoms with E-state index in [0.29, 0.717) is 5.75 Å². The number of phenols is 1. The molecule has 0 atom stereocenters. The minimum Gasteiger partial charge on any atom is -0.508 e. The van der Waals surface area contributed by atoms with E-state index in [1.165, 1.54) is 5.56 Å². The maximum Gasteiger partial charge on any atom is 0.115 e. The molecule has 2 nitrogen and oxygen atoms in total. The van der Waals surface area contributed by atoms with E-state index in [9.17, 15) is 0 Å². The van der Waals surface area contributed by atoms with E-state index < -0.39 is 0 Å². The van der Waals surface area contributed by atoms with Gasteiger partial charge in [0.15, 0.2) is 0 Å². The van der Waals surface area contributed by atoms with Crippen LogP contribution in [0.4, 0.5) is 0 Å². The van der Waals surface area contributed by atoms with Gasteiger partial charge in [-0.3, -0.25) is 4.98 Å². The molecule has 1 heterocycles. The molecule has 2 rings (SSSR count). The highest BCUT2D eigenvalue weighted by Gasteiger charge is 1.98. The molecule has 0 fully saturated rings. The van der Waals surface area contributed by atoms with E-state index in [4.69, 9.17) is 5.11 Å². The summed E-state index contributed by atoms with van der Waals surface area (Å²) in [7, 11) is 0. The lowest BCUT2D eigenvalue weighted by atomic mass is 10.3. The van der Waals surface area contributed by atoms with Crippen LogP contribution >= 0.6 is 27.7 Å². The number of aromatic hydroxyl groups is 1. The lowest BCUT2D eigenvalue weighted by Crippen LogP contribution is -1.82. The zero-order valence-electron chi connectivity index (χ0n) is 8.43. The predicted molar refractivity (Wildman–Crippen MR) is 69.6 cm³/mol. The van der Waals surface area contributed by atoms with E-state index in [1.54, 1.807) is 30.1 Å². The zero-order chi connectivity index (χ0) is 11.4. The smallest absolute Gasteiger partial charge is 0.115 e. The monoisotopic (exact) mass is 295 g/mol. The molecule has 4 heteroatoms. The Bertz CT molecular complexity index is 473. The molecule has 1 aromatic carbocycles. The Kier molecular flexibility index (Phi) is 3.85. The first-order valence-electron chi connectivity index (χ1n) is 4.75. The number of nitrogens with zero attached hydrogens (tertiary/aromatic N) is 1. The summed E-state index contributed by atoms with van der Waals surface area (Å²) in [6.45, 7) is 0. The molecule has 0 radical (unpaired) electrons. The molecule has 0 amide bonds. The first-order chi connectivity index (χ1) is 7.74. The number of benzene rings is 1. The summed E-state index contributed by atoms with van der Waals surface area (Å²) in [5, 5.41) is 9.15. The van der Waals surface area contributed by atoms with E-state index in [-0.39, 0.29) is 0 Å². The number of hydrogen-bond donors (Lipinski definition) is 1. The van der Waals surface area contributed by atoms with Crippen molar-refractivity contribution in [2.45, 2.75) is 10.6 Å². The molecule has 0 bridgehead atoms. The van der Waals surface area contributed by atoms with Gasteiger partial charge in [0.1, 0.15) is 5.75 Å². The molecule has 1 N–H and O–H groups in total. The average molecular weight is 296 g/mol.